The minimum absolute atomic E-state index is 0.0760. The number of sulfonamides is 1. The molecule has 2 bridgehead atoms. The molecule has 0 amide bonds. The van der Waals surface area contributed by atoms with Gasteiger partial charge in [0, 0.05) is 30.2 Å². The lowest BCUT2D eigenvalue weighted by Gasteiger charge is -2.35. The van der Waals surface area contributed by atoms with E-state index in [0.717, 1.165) is 31.2 Å². The fourth-order valence-corrected chi connectivity index (χ4v) is 5.39. The molecule has 2 unspecified atom stereocenters. The molecule has 0 saturated carbocycles. The van der Waals surface area contributed by atoms with Crippen molar-refractivity contribution >= 4 is 21.6 Å². The van der Waals surface area contributed by atoms with E-state index in [9.17, 15) is 8.42 Å². The molecule has 6 heteroatoms. The lowest BCUT2D eigenvalue weighted by Crippen LogP contribution is -2.48. The van der Waals surface area contributed by atoms with Crippen molar-refractivity contribution in [3.8, 4) is 0 Å². The molecule has 2 aliphatic heterocycles. The Morgan fingerprint density at radius 3 is 2.48 bits per heavy atom. The van der Waals surface area contributed by atoms with Crippen molar-refractivity contribution in [3.63, 3.8) is 0 Å². The van der Waals surface area contributed by atoms with Crippen molar-refractivity contribution in [2.24, 2.45) is 0 Å². The van der Waals surface area contributed by atoms with Crippen LogP contribution in [-0.4, -0.2) is 37.9 Å². The topological polar surface area (TPSA) is 49.4 Å². The number of rotatable bonds is 3. The molecule has 2 aliphatic rings. The number of hydrogen-bond acceptors (Lipinski definition) is 3. The summed E-state index contributed by atoms with van der Waals surface area (Å²) >= 11 is 5.98. The van der Waals surface area contributed by atoms with Gasteiger partial charge in [-0.25, -0.2) is 8.42 Å². The first-order chi connectivity index (χ1) is 9.88. The van der Waals surface area contributed by atoms with Crippen LogP contribution in [0.4, 0.5) is 0 Å². The van der Waals surface area contributed by atoms with Gasteiger partial charge in [0.1, 0.15) is 0 Å². The van der Waals surface area contributed by atoms with Crippen LogP contribution in [0.3, 0.4) is 0 Å². The predicted molar refractivity (Wildman–Crippen MR) is 84.1 cm³/mol. The van der Waals surface area contributed by atoms with Crippen LogP contribution in [-0.2, 0) is 10.0 Å². The molecule has 2 atom stereocenters. The largest absolute Gasteiger partial charge is 0.311 e. The molecule has 0 aromatic heterocycles. The standard InChI is InChI=1S/C15H21ClN2O2S/c1-10-3-4-11(16)7-15(10)21(19,20)18(2)14-8-12-5-6-13(9-14)17-12/h3-4,7,12-14,17H,5-6,8-9H2,1-2H3. The second-order valence-corrected chi connectivity index (χ2v) is 8.60. The molecule has 4 nitrogen and oxygen atoms in total. The molecule has 21 heavy (non-hydrogen) atoms. The third-order valence-electron chi connectivity index (χ3n) is 4.77. The highest BCUT2D eigenvalue weighted by molar-refractivity contribution is 7.89. The summed E-state index contributed by atoms with van der Waals surface area (Å²) in [6.07, 6.45) is 4.11. The van der Waals surface area contributed by atoms with Crippen molar-refractivity contribution in [1.82, 2.24) is 9.62 Å². The smallest absolute Gasteiger partial charge is 0.243 e. The van der Waals surface area contributed by atoms with Crippen LogP contribution >= 0.6 is 11.6 Å². The zero-order chi connectivity index (χ0) is 15.2. The summed E-state index contributed by atoms with van der Waals surface area (Å²) in [5.74, 6) is 0. The second-order valence-electron chi connectivity index (χ2n) is 6.19. The van der Waals surface area contributed by atoms with Crippen molar-refractivity contribution in [3.05, 3.63) is 28.8 Å². The fourth-order valence-electron chi connectivity index (χ4n) is 3.53. The van der Waals surface area contributed by atoms with Crippen LogP contribution in [0.5, 0.6) is 0 Å². The first-order valence-electron chi connectivity index (χ1n) is 7.38. The van der Waals surface area contributed by atoms with Crippen LogP contribution < -0.4 is 5.32 Å². The number of benzene rings is 1. The molecule has 2 saturated heterocycles. The van der Waals surface area contributed by atoms with Gasteiger partial charge in [-0.2, -0.15) is 4.31 Å². The van der Waals surface area contributed by atoms with Gasteiger partial charge in [-0.15, -0.1) is 0 Å². The van der Waals surface area contributed by atoms with Gasteiger partial charge in [-0.1, -0.05) is 17.7 Å². The molecule has 0 aliphatic carbocycles. The van der Waals surface area contributed by atoms with Crippen LogP contribution in [0, 0.1) is 6.92 Å². The summed E-state index contributed by atoms with van der Waals surface area (Å²) in [5.41, 5.74) is 0.739. The van der Waals surface area contributed by atoms with Crippen LogP contribution in [0.25, 0.3) is 0 Å². The number of nitrogens with zero attached hydrogens (tertiary/aromatic N) is 1. The highest BCUT2D eigenvalue weighted by atomic mass is 35.5. The Hall–Kier alpha value is -0.620. The molecular formula is C15H21ClN2O2S. The number of fused-ring (bicyclic) bond motifs is 2. The van der Waals surface area contributed by atoms with Gasteiger partial charge < -0.3 is 5.32 Å². The van der Waals surface area contributed by atoms with E-state index in [1.807, 2.05) is 6.92 Å². The van der Waals surface area contributed by atoms with Crippen molar-refractivity contribution in [2.45, 2.75) is 55.6 Å². The zero-order valence-electron chi connectivity index (χ0n) is 12.3. The monoisotopic (exact) mass is 328 g/mol. The average Bonchev–Trinajstić information content (AvgIpc) is 2.79. The molecule has 0 radical (unpaired) electrons. The SMILES string of the molecule is Cc1ccc(Cl)cc1S(=O)(=O)N(C)C1CC2CCC(C1)N2. The summed E-state index contributed by atoms with van der Waals surface area (Å²) in [7, 11) is -1.79. The van der Waals surface area contributed by atoms with E-state index in [2.05, 4.69) is 5.32 Å². The number of piperidine rings is 1. The summed E-state index contributed by atoms with van der Waals surface area (Å²) in [4.78, 5) is 0.323. The van der Waals surface area contributed by atoms with Crippen LogP contribution in [0.15, 0.2) is 23.1 Å². The lowest BCUT2D eigenvalue weighted by atomic mass is 10.0. The molecule has 3 rings (SSSR count). The van der Waals surface area contributed by atoms with Gasteiger partial charge in [0.2, 0.25) is 10.0 Å². The Labute approximate surface area is 131 Å². The van der Waals surface area contributed by atoms with Gasteiger partial charge in [0.15, 0.2) is 0 Å². The van der Waals surface area contributed by atoms with Crippen molar-refractivity contribution in [2.75, 3.05) is 7.05 Å². The van der Waals surface area contributed by atoms with E-state index in [4.69, 9.17) is 11.6 Å². The third-order valence-corrected chi connectivity index (χ3v) is 7.06. The zero-order valence-corrected chi connectivity index (χ0v) is 13.9. The first-order valence-corrected chi connectivity index (χ1v) is 9.20. The van der Waals surface area contributed by atoms with Gasteiger partial charge in [-0.05, 0) is 50.3 Å². The number of nitrogens with one attached hydrogen (secondary N) is 1. The van der Waals surface area contributed by atoms with Crippen molar-refractivity contribution < 1.29 is 8.42 Å². The average molecular weight is 329 g/mol. The maximum absolute atomic E-state index is 12.9. The van der Waals surface area contributed by atoms with Gasteiger partial charge in [-0.3, -0.25) is 0 Å². The fraction of sp³-hybridized carbons (Fsp3) is 0.600. The third kappa shape index (κ3) is 2.84. The Morgan fingerprint density at radius 1 is 1.24 bits per heavy atom. The number of halogens is 1. The molecule has 2 heterocycles. The van der Waals surface area contributed by atoms with Crippen LogP contribution in [0.1, 0.15) is 31.2 Å². The minimum atomic E-state index is -3.49. The van der Waals surface area contributed by atoms with Gasteiger partial charge in [0.05, 0.1) is 4.90 Å². The quantitative estimate of drug-likeness (QED) is 0.927. The molecule has 1 aromatic rings. The Kier molecular flexibility index (Phi) is 4.03. The Bertz CT molecular complexity index is 635. The molecular weight excluding hydrogens is 308 g/mol. The van der Waals surface area contributed by atoms with Gasteiger partial charge in [0.25, 0.3) is 0 Å². The van der Waals surface area contributed by atoms with E-state index in [1.165, 1.54) is 0 Å². The summed E-state index contributed by atoms with van der Waals surface area (Å²) < 4.78 is 27.3. The number of aryl methyl sites for hydroxylation is 1. The van der Waals surface area contributed by atoms with E-state index in [0.29, 0.717) is 22.0 Å². The molecule has 1 N–H and O–H groups in total. The normalized spacial score (nSPS) is 29.0. The van der Waals surface area contributed by atoms with E-state index >= 15 is 0 Å². The predicted octanol–water partition coefficient (Wildman–Crippen LogP) is 2.55. The van der Waals surface area contributed by atoms with E-state index in [1.54, 1.807) is 29.6 Å². The second kappa shape index (κ2) is 5.54. The molecule has 1 aromatic carbocycles. The molecule has 2 fully saturated rings. The molecule has 0 spiro atoms. The lowest BCUT2D eigenvalue weighted by molar-refractivity contribution is 0.251. The van der Waals surface area contributed by atoms with Crippen LogP contribution in [0.2, 0.25) is 5.02 Å². The Morgan fingerprint density at radius 2 is 1.86 bits per heavy atom. The van der Waals surface area contributed by atoms with Crippen molar-refractivity contribution in [1.29, 1.82) is 0 Å². The summed E-state index contributed by atoms with van der Waals surface area (Å²) in [6.45, 7) is 1.81. The van der Waals surface area contributed by atoms with E-state index < -0.39 is 10.0 Å². The maximum Gasteiger partial charge on any atom is 0.243 e. The number of hydrogen-bond donors (Lipinski definition) is 1. The summed E-state index contributed by atoms with van der Waals surface area (Å²) in [5, 5.41) is 4.00. The maximum atomic E-state index is 12.9. The van der Waals surface area contributed by atoms with E-state index in [-0.39, 0.29) is 6.04 Å². The molecule has 116 valence electrons. The first kappa shape index (κ1) is 15.3. The van der Waals surface area contributed by atoms with Gasteiger partial charge >= 0.3 is 0 Å². The summed E-state index contributed by atoms with van der Waals surface area (Å²) in [6, 6.07) is 6.04. The highest BCUT2D eigenvalue weighted by Crippen LogP contribution is 2.32. The highest BCUT2D eigenvalue weighted by Gasteiger charge is 2.39. The minimum Gasteiger partial charge on any atom is -0.311 e. The Balaban J connectivity index is 1.89.